The lowest BCUT2D eigenvalue weighted by Gasteiger charge is -2.23. The van der Waals surface area contributed by atoms with Gasteiger partial charge >= 0.3 is 5.97 Å². The van der Waals surface area contributed by atoms with Gasteiger partial charge in [0.25, 0.3) is 0 Å². The van der Waals surface area contributed by atoms with Gasteiger partial charge < -0.3 is 4.74 Å². The molecule has 4 atom stereocenters. The number of nitrogens with zero attached hydrogens (tertiary/aromatic N) is 1. The van der Waals surface area contributed by atoms with Gasteiger partial charge in [0.15, 0.2) is 0 Å². The number of rotatable bonds is 5. The highest BCUT2D eigenvalue weighted by atomic mass is 16.5. The van der Waals surface area contributed by atoms with Crippen molar-refractivity contribution in [3.63, 3.8) is 0 Å². The van der Waals surface area contributed by atoms with Crippen LogP contribution in [0.15, 0.2) is 48.5 Å². The van der Waals surface area contributed by atoms with E-state index in [-0.39, 0.29) is 29.1 Å². The normalized spacial score (nSPS) is 26.5. The monoisotopic (exact) mass is 431 g/mol. The lowest BCUT2D eigenvalue weighted by atomic mass is 9.81. The third-order valence-electron chi connectivity index (χ3n) is 8.00. The molecule has 3 fully saturated rings. The Bertz CT molecular complexity index is 1060. The van der Waals surface area contributed by atoms with E-state index in [1.807, 2.05) is 12.1 Å². The molecule has 5 heteroatoms. The van der Waals surface area contributed by atoms with Crippen LogP contribution in [0.5, 0.6) is 5.75 Å². The highest BCUT2D eigenvalue weighted by Gasteiger charge is 2.61. The molecule has 1 aliphatic heterocycles. The summed E-state index contributed by atoms with van der Waals surface area (Å²) in [4.78, 5) is 40.3. The average molecular weight is 432 g/mol. The maximum atomic E-state index is 13.1. The molecule has 2 bridgehead atoms. The number of anilines is 1. The molecule has 166 valence electrons. The predicted molar refractivity (Wildman–Crippen MR) is 121 cm³/mol. The fourth-order valence-electron chi connectivity index (χ4n) is 5.78. The number of benzene rings is 2. The summed E-state index contributed by atoms with van der Waals surface area (Å²) >= 11 is 0. The Morgan fingerprint density at radius 1 is 1.00 bits per heavy atom. The molecule has 0 spiro atoms. The summed E-state index contributed by atoms with van der Waals surface area (Å²) in [6.07, 6.45) is 4.09. The van der Waals surface area contributed by atoms with Crippen LogP contribution in [0.2, 0.25) is 0 Å². The summed E-state index contributed by atoms with van der Waals surface area (Å²) in [5, 5.41) is 0. The molecule has 0 aromatic heterocycles. The quantitative estimate of drug-likeness (QED) is 0.374. The van der Waals surface area contributed by atoms with E-state index >= 15 is 0 Å². The van der Waals surface area contributed by atoms with Crippen LogP contribution in [0.1, 0.15) is 62.4 Å². The number of carbonyl (C=O) groups is 3. The fourth-order valence-corrected chi connectivity index (χ4v) is 5.78. The number of imide groups is 1. The molecule has 2 aliphatic carbocycles. The molecule has 0 N–H and O–H groups in total. The molecule has 2 aromatic rings. The molecule has 2 saturated carbocycles. The Balaban J connectivity index is 1.34. The van der Waals surface area contributed by atoms with Gasteiger partial charge in [-0.2, -0.15) is 0 Å². The van der Waals surface area contributed by atoms with E-state index < -0.39 is 5.97 Å². The van der Waals surface area contributed by atoms with Crippen LogP contribution in [0.4, 0.5) is 5.69 Å². The number of hydrogen-bond donors (Lipinski definition) is 0. The Hall–Kier alpha value is -2.95. The molecular weight excluding hydrogens is 402 g/mol. The van der Waals surface area contributed by atoms with Crippen molar-refractivity contribution in [2.75, 3.05) is 4.90 Å². The highest BCUT2D eigenvalue weighted by Crippen LogP contribution is 2.56. The van der Waals surface area contributed by atoms with Gasteiger partial charge in [-0.3, -0.25) is 14.5 Å². The average Bonchev–Trinajstić information content (AvgIpc) is 3.48. The van der Waals surface area contributed by atoms with E-state index in [4.69, 9.17) is 4.74 Å². The van der Waals surface area contributed by atoms with Gasteiger partial charge in [-0.1, -0.05) is 39.0 Å². The van der Waals surface area contributed by atoms with Crippen molar-refractivity contribution >= 4 is 23.5 Å². The number of esters is 1. The molecule has 2 amide bonds. The largest absolute Gasteiger partial charge is 0.423 e. The first-order valence-electron chi connectivity index (χ1n) is 11.6. The first-order valence-corrected chi connectivity index (χ1v) is 11.6. The zero-order chi connectivity index (χ0) is 22.6. The zero-order valence-corrected chi connectivity index (χ0v) is 18.8. The maximum Gasteiger partial charge on any atom is 0.343 e. The van der Waals surface area contributed by atoms with E-state index in [0.29, 0.717) is 28.8 Å². The minimum Gasteiger partial charge on any atom is -0.423 e. The van der Waals surface area contributed by atoms with E-state index in [0.717, 1.165) is 25.7 Å². The van der Waals surface area contributed by atoms with Crippen molar-refractivity contribution in [1.29, 1.82) is 0 Å². The molecular formula is C27H29NO4. The van der Waals surface area contributed by atoms with Crippen LogP contribution in [0.3, 0.4) is 0 Å². The van der Waals surface area contributed by atoms with Crippen molar-refractivity contribution in [2.45, 2.75) is 51.9 Å². The Morgan fingerprint density at radius 2 is 1.62 bits per heavy atom. The summed E-state index contributed by atoms with van der Waals surface area (Å²) < 4.78 is 5.56. The second-order valence-corrected chi connectivity index (χ2v) is 10.1. The SMILES string of the molecule is CCC(C)(C)c1ccc(OC(=O)c2cccc(N3C(=O)[C@H]4[C@H]5CC[C@@H](C5)[C@@H]4C3=O)c2)cc1. The number of ether oxygens (including phenoxy) is 1. The van der Waals surface area contributed by atoms with Gasteiger partial charge in [0.05, 0.1) is 23.1 Å². The molecule has 32 heavy (non-hydrogen) atoms. The van der Waals surface area contributed by atoms with Crippen molar-refractivity contribution in [3.05, 3.63) is 59.7 Å². The van der Waals surface area contributed by atoms with Gasteiger partial charge in [0, 0.05) is 0 Å². The van der Waals surface area contributed by atoms with Crippen LogP contribution < -0.4 is 9.64 Å². The predicted octanol–water partition coefficient (Wildman–Crippen LogP) is 5.13. The molecule has 1 saturated heterocycles. The minimum atomic E-state index is -0.506. The van der Waals surface area contributed by atoms with Gasteiger partial charge in [0.2, 0.25) is 11.8 Å². The summed E-state index contributed by atoms with van der Waals surface area (Å²) in [5.74, 6) is 0.0638. The van der Waals surface area contributed by atoms with Gasteiger partial charge in [-0.25, -0.2) is 4.79 Å². The van der Waals surface area contributed by atoms with Crippen LogP contribution >= 0.6 is 0 Å². The Kier molecular flexibility index (Phi) is 4.95. The molecule has 0 radical (unpaired) electrons. The second-order valence-electron chi connectivity index (χ2n) is 10.1. The summed E-state index contributed by atoms with van der Waals surface area (Å²) in [6, 6.07) is 14.2. The Morgan fingerprint density at radius 3 is 2.22 bits per heavy atom. The molecule has 1 heterocycles. The first kappa shape index (κ1) is 20.9. The summed E-state index contributed by atoms with van der Waals surface area (Å²) in [6.45, 7) is 6.51. The number of amides is 2. The third kappa shape index (κ3) is 3.26. The van der Waals surface area contributed by atoms with Crippen LogP contribution in [0.25, 0.3) is 0 Å². The van der Waals surface area contributed by atoms with Crippen molar-refractivity contribution in [1.82, 2.24) is 0 Å². The topological polar surface area (TPSA) is 63.7 Å². The number of fused-ring (bicyclic) bond motifs is 5. The van der Waals surface area contributed by atoms with E-state index in [1.165, 1.54) is 10.5 Å². The fraction of sp³-hybridized carbons (Fsp3) is 0.444. The molecule has 5 rings (SSSR count). The van der Waals surface area contributed by atoms with Gasteiger partial charge in [-0.05, 0) is 78.8 Å². The first-order chi connectivity index (χ1) is 15.3. The van der Waals surface area contributed by atoms with Crippen LogP contribution in [-0.2, 0) is 15.0 Å². The van der Waals surface area contributed by atoms with Crippen LogP contribution in [0, 0.1) is 23.7 Å². The van der Waals surface area contributed by atoms with Crippen molar-refractivity contribution in [3.8, 4) is 5.75 Å². The molecule has 3 aliphatic rings. The standard InChI is InChI=1S/C27H29NO4/c1-4-27(2,3)19-10-12-21(13-11-19)32-26(31)18-6-5-7-20(15-18)28-24(29)22-16-8-9-17(14-16)23(22)25(28)30/h5-7,10-13,15-17,22-23H,4,8-9,14H2,1-3H3/t16-,17-,22-,23-/m0/s1. The van der Waals surface area contributed by atoms with Crippen molar-refractivity contribution in [2.24, 2.45) is 23.7 Å². The second kappa shape index (κ2) is 7.58. The van der Waals surface area contributed by atoms with Gasteiger partial charge in [-0.15, -0.1) is 0 Å². The lowest BCUT2D eigenvalue weighted by Crippen LogP contribution is -2.32. The highest BCUT2D eigenvalue weighted by molar-refractivity contribution is 6.22. The Labute approximate surface area is 188 Å². The molecule has 0 unspecified atom stereocenters. The maximum absolute atomic E-state index is 13.1. The lowest BCUT2D eigenvalue weighted by molar-refractivity contribution is -0.123. The number of carbonyl (C=O) groups excluding carboxylic acids is 3. The smallest absolute Gasteiger partial charge is 0.343 e. The summed E-state index contributed by atoms with van der Waals surface area (Å²) in [5.41, 5.74) is 2.03. The van der Waals surface area contributed by atoms with Gasteiger partial charge in [0.1, 0.15) is 5.75 Å². The minimum absolute atomic E-state index is 0.0590. The third-order valence-corrected chi connectivity index (χ3v) is 8.00. The summed E-state index contributed by atoms with van der Waals surface area (Å²) in [7, 11) is 0. The van der Waals surface area contributed by atoms with Crippen molar-refractivity contribution < 1.29 is 19.1 Å². The van der Waals surface area contributed by atoms with E-state index in [2.05, 4.69) is 20.8 Å². The zero-order valence-electron chi connectivity index (χ0n) is 18.8. The van der Waals surface area contributed by atoms with E-state index in [1.54, 1.807) is 36.4 Å². The molecule has 5 nitrogen and oxygen atoms in total. The number of hydrogen-bond acceptors (Lipinski definition) is 4. The van der Waals surface area contributed by atoms with E-state index in [9.17, 15) is 14.4 Å². The molecule has 2 aromatic carbocycles. The van der Waals surface area contributed by atoms with Crippen LogP contribution in [-0.4, -0.2) is 17.8 Å².